The SMILES string of the molecule is COC(=O)NC1CC(C(=O)N2CCC(c3cccc(F)c3)CC2)C1. The predicted octanol–water partition coefficient (Wildman–Crippen LogP) is 2.67. The number of rotatable bonds is 3. The number of ether oxygens (including phenoxy) is 1. The standard InChI is InChI=1S/C18H23FN2O3/c1-24-18(23)20-16-10-14(11-16)17(22)21-7-5-12(6-8-21)13-3-2-4-15(19)9-13/h2-4,9,12,14,16H,5-8,10-11H2,1H3,(H,20,23). The van der Waals surface area contributed by atoms with E-state index in [0.717, 1.165) is 18.4 Å². The summed E-state index contributed by atoms with van der Waals surface area (Å²) in [4.78, 5) is 25.5. The highest BCUT2D eigenvalue weighted by molar-refractivity contribution is 5.80. The minimum Gasteiger partial charge on any atom is -0.453 e. The van der Waals surface area contributed by atoms with Gasteiger partial charge in [0, 0.05) is 25.0 Å². The summed E-state index contributed by atoms with van der Waals surface area (Å²) in [5, 5.41) is 2.72. The van der Waals surface area contributed by atoms with E-state index in [-0.39, 0.29) is 23.7 Å². The number of hydrogen-bond donors (Lipinski definition) is 1. The quantitative estimate of drug-likeness (QED) is 0.924. The number of carbonyl (C=O) groups excluding carboxylic acids is 2. The highest BCUT2D eigenvalue weighted by Gasteiger charge is 2.38. The topological polar surface area (TPSA) is 58.6 Å². The number of amides is 2. The van der Waals surface area contributed by atoms with Crippen LogP contribution in [0.2, 0.25) is 0 Å². The van der Waals surface area contributed by atoms with Crippen molar-refractivity contribution in [3.63, 3.8) is 0 Å². The maximum atomic E-state index is 13.3. The maximum Gasteiger partial charge on any atom is 0.407 e. The molecule has 130 valence electrons. The molecule has 3 rings (SSSR count). The van der Waals surface area contributed by atoms with Crippen molar-refractivity contribution in [2.24, 2.45) is 5.92 Å². The van der Waals surface area contributed by atoms with E-state index < -0.39 is 6.09 Å². The zero-order valence-corrected chi connectivity index (χ0v) is 13.8. The van der Waals surface area contributed by atoms with E-state index in [2.05, 4.69) is 10.1 Å². The van der Waals surface area contributed by atoms with Gasteiger partial charge in [0.25, 0.3) is 0 Å². The average molecular weight is 334 g/mol. The lowest BCUT2D eigenvalue weighted by Gasteiger charge is -2.40. The van der Waals surface area contributed by atoms with Crippen LogP contribution in [0, 0.1) is 11.7 Å². The minimum atomic E-state index is -0.443. The van der Waals surface area contributed by atoms with Gasteiger partial charge in [-0.05, 0) is 49.3 Å². The smallest absolute Gasteiger partial charge is 0.407 e. The minimum absolute atomic E-state index is 0.00197. The molecule has 24 heavy (non-hydrogen) atoms. The number of carbonyl (C=O) groups is 2. The Morgan fingerprint density at radius 3 is 2.58 bits per heavy atom. The zero-order chi connectivity index (χ0) is 17.1. The molecule has 6 heteroatoms. The molecule has 0 radical (unpaired) electrons. The molecule has 0 atom stereocenters. The Balaban J connectivity index is 1.45. The van der Waals surface area contributed by atoms with Crippen LogP contribution in [0.4, 0.5) is 9.18 Å². The molecule has 1 N–H and O–H groups in total. The first kappa shape index (κ1) is 16.7. The third-order valence-electron chi connectivity index (χ3n) is 5.12. The predicted molar refractivity (Wildman–Crippen MR) is 87.0 cm³/mol. The average Bonchev–Trinajstić information content (AvgIpc) is 2.57. The van der Waals surface area contributed by atoms with Gasteiger partial charge in [-0.15, -0.1) is 0 Å². The summed E-state index contributed by atoms with van der Waals surface area (Å²) in [6, 6.07) is 6.79. The molecule has 0 spiro atoms. The number of alkyl carbamates (subject to hydrolysis) is 1. The Morgan fingerprint density at radius 2 is 1.96 bits per heavy atom. The van der Waals surface area contributed by atoms with Gasteiger partial charge < -0.3 is 15.0 Å². The van der Waals surface area contributed by atoms with Gasteiger partial charge in [-0.2, -0.15) is 0 Å². The third kappa shape index (κ3) is 3.68. The van der Waals surface area contributed by atoms with E-state index in [0.29, 0.717) is 31.8 Å². The normalized spacial score (nSPS) is 24.2. The van der Waals surface area contributed by atoms with Crippen molar-refractivity contribution in [1.82, 2.24) is 10.2 Å². The molecule has 1 heterocycles. The van der Waals surface area contributed by atoms with E-state index in [1.165, 1.54) is 13.2 Å². The maximum absolute atomic E-state index is 13.3. The van der Waals surface area contributed by atoms with Crippen molar-refractivity contribution in [1.29, 1.82) is 0 Å². The molecule has 5 nitrogen and oxygen atoms in total. The second-order valence-corrected chi connectivity index (χ2v) is 6.66. The summed E-state index contributed by atoms with van der Waals surface area (Å²) >= 11 is 0. The molecule has 1 saturated carbocycles. The van der Waals surface area contributed by atoms with Gasteiger partial charge in [-0.25, -0.2) is 9.18 Å². The third-order valence-corrected chi connectivity index (χ3v) is 5.12. The molecular formula is C18H23FN2O3. The van der Waals surface area contributed by atoms with Crippen molar-refractivity contribution in [3.8, 4) is 0 Å². The van der Waals surface area contributed by atoms with Gasteiger partial charge in [0.2, 0.25) is 5.91 Å². The molecule has 0 aromatic heterocycles. The highest BCUT2D eigenvalue weighted by Crippen LogP contribution is 2.33. The van der Waals surface area contributed by atoms with Crippen molar-refractivity contribution in [3.05, 3.63) is 35.6 Å². The first-order valence-electron chi connectivity index (χ1n) is 8.45. The first-order valence-corrected chi connectivity index (χ1v) is 8.45. The fourth-order valence-electron chi connectivity index (χ4n) is 3.61. The van der Waals surface area contributed by atoms with E-state index in [4.69, 9.17) is 0 Å². The number of piperidine rings is 1. The number of nitrogens with one attached hydrogen (secondary N) is 1. The lowest BCUT2D eigenvalue weighted by molar-refractivity contribution is -0.140. The van der Waals surface area contributed by atoms with Gasteiger partial charge in [-0.1, -0.05) is 12.1 Å². The second-order valence-electron chi connectivity index (χ2n) is 6.66. The molecule has 1 saturated heterocycles. The summed E-state index contributed by atoms with van der Waals surface area (Å²) < 4.78 is 17.9. The van der Waals surface area contributed by atoms with E-state index in [1.807, 2.05) is 11.0 Å². The molecule has 2 aliphatic rings. The summed E-state index contributed by atoms with van der Waals surface area (Å²) in [7, 11) is 1.33. The first-order chi connectivity index (χ1) is 11.6. The van der Waals surface area contributed by atoms with Crippen molar-refractivity contribution in [2.75, 3.05) is 20.2 Å². The largest absolute Gasteiger partial charge is 0.453 e. The monoisotopic (exact) mass is 334 g/mol. The number of benzene rings is 1. The van der Waals surface area contributed by atoms with Crippen LogP contribution in [0.3, 0.4) is 0 Å². The van der Waals surface area contributed by atoms with Crippen LogP contribution >= 0.6 is 0 Å². The lowest BCUT2D eigenvalue weighted by Crippen LogP contribution is -2.51. The Bertz CT molecular complexity index is 608. The zero-order valence-electron chi connectivity index (χ0n) is 13.8. The van der Waals surface area contributed by atoms with Gasteiger partial charge in [-0.3, -0.25) is 4.79 Å². The lowest BCUT2D eigenvalue weighted by atomic mass is 9.78. The molecule has 1 aliphatic heterocycles. The molecule has 0 bridgehead atoms. The van der Waals surface area contributed by atoms with Crippen LogP contribution < -0.4 is 5.32 Å². The summed E-state index contributed by atoms with van der Waals surface area (Å²) in [5.74, 6) is 0.290. The number of methoxy groups -OCH3 is 1. The molecule has 0 unspecified atom stereocenters. The number of nitrogens with zero attached hydrogens (tertiary/aromatic N) is 1. The fourth-order valence-corrected chi connectivity index (χ4v) is 3.61. The van der Waals surface area contributed by atoms with Gasteiger partial charge in [0.05, 0.1) is 7.11 Å². The Morgan fingerprint density at radius 1 is 1.25 bits per heavy atom. The molecule has 1 aliphatic carbocycles. The molecular weight excluding hydrogens is 311 g/mol. The van der Waals surface area contributed by atoms with Crippen LogP contribution in [0.5, 0.6) is 0 Å². The van der Waals surface area contributed by atoms with E-state index in [9.17, 15) is 14.0 Å². The summed E-state index contributed by atoms with van der Waals surface area (Å²) in [6.45, 7) is 1.43. The number of likely N-dealkylation sites (tertiary alicyclic amines) is 1. The second kappa shape index (κ2) is 7.20. The van der Waals surface area contributed by atoms with Gasteiger partial charge in [0.15, 0.2) is 0 Å². The number of halogens is 1. The summed E-state index contributed by atoms with van der Waals surface area (Å²) in [5.41, 5.74) is 1.02. The highest BCUT2D eigenvalue weighted by atomic mass is 19.1. The van der Waals surface area contributed by atoms with E-state index in [1.54, 1.807) is 12.1 Å². The van der Waals surface area contributed by atoms with Crippen molar-refractivity contribution < 1.29 is 18.7 Å². The van der Waals surface area contributed by atoms with Crippen molar-refractivity contribution in [2.45, 2.75) is 37.6 Å². The van der Waals surface area contributed by atoms with Crippen LogP contribution in [0.25, 0.3) is 0 Å². The van der Waals surface area contributed by atoms with Crippen LogP contribution in [-0.4, -0.2) is 43.1 Å². The van der Waals surface area contributed by atoms with Crippen molar-refractivity contribution >= 4 is 12.0 Å². The van der Waals surface area contributed by atoms with Gasteiger partial charge in [0.1, 0.15) is 5.82 Å². The van der Waals surface area contributed by atoms with Crippen LogP contribution in [0.15, 0.2) is 24.3 Å². The molecule has 1 aromatic rings. The van der Waals surface area contributed by atoms with E-state index >= 15 is 0 Å². The van der Waals surface area contributed by atoms with Crippen LogP contribution in [-0.2, 0) is 9.53 Å². The molecule has 2 amide bonds. The molecule has 2 fully saturated rings. The Labute approximate surface area is 141 Å². The fraction of sp³-hybridized carbons (Fsp3) is 0.556. The Kier molecular flexibility index (Phi) is 5.02. The number of hydrogen-bond acceptors (Lipinski definition) is 3. The Hall–Kier alpha value is -2.11. The van der Waals surface area contributed by atoms with Crippen LogP contribution in [0.1, 0.15) is 37.2 Å². The van der Waals surface area contributed by atoms with Gasteiger partial charge >= 0.3 is 6.09 Å². The summed E-state index contributed by atoms with van der Waals surface area (Å²) in [6.07, 6.45) is 2.65. The molecule has 1 aromatic carbocycles.